The van der Waals surface area contributed by atoms with Crippen molar-refractivity contribution in [1.82, 2.24) is 4.90 Å². The van der Waals surface area contributed by atoms with Crippen LogP contribution in [0.15, 0.2) is 47.6 Å². The molecule has 14 nitrogen and oxygen atoms in total. The van der Waals surface area contributed by atoms with Crippen LogP contribution < -0.4 is 0 Å². The molecule has 6 unspecified atom stereocenters. The summed E-state index contributed by atoms with van der Waals surface area (Å²) in [6.45, 7) is 14.3. The molecular weight excluding hydrogens is 847 g/mol. The molecule has 4 rings (SSSR count). The number of Topliss-reactive ketones (excluding diaryl/α,β-unsaturated/α-hetero) is 3. The Hall–Kier alpha value is -3.37. The first-order valence-corrected chi connectivity index (χ1v) is 24.3. The third kappa shape index (κ3) is 13.7. The summed E-state index contributed by atoms with van der Waals surface area (Å²) in [5, 5.41) is 34.0. The number of allylic oxidation sites excluding steroid dienone is 6. The Balaban J connectivity index is 1.73. The minimum atomic E-state index is -2.45. The molecule has 1 saturated carbocycles. The van der Waals surface area contributed by atoms with E-state index in [1.807, 2.05) is 58.1 Å². The number of fused-ring (bicyclic) bond motifs is 3. The van der Waals surface area contributed by atoms with E-state index in [0.717, 1.165) is 12.0 Å². The van der Waals surface area contributed by atoms with Gasteiger partial charge in [0.2, 0.25) is 5.79 Å². The van der Waals surface area contributed by atoms with E-state index in [9.17, 15) is 39.3 Å². The Morgan fingerprint density at radius 1 is 0.864 bits per heavy atom. The lowest BCUT2D eigenvalue weighted by atomic mass is 9.78. The first-order valence-electron chi connectivity index (χ1n) is 24.3. The van der Waals surface area contributed by atoms with Gasteiger partial charge in [0.25, 0.3) is 11.7 Å². The maximum Gasteiger partial charge on any atom is 0.332 e. The Kier molecular flexibility index (Phi) is 20.7. The van der Waals surface area contributed by atoms with E-state index in [-0.39, 0.29) is 54.8 Å². The van der Waals surface area contributed by atoms with Gasteiger partial charge in [-0.3, -0.25) is 19.2 Å². The van der Waals surface area contributed by atoms with Crippen molar-refractivity contribution in [1.29, 1.82) is 0 Å². The van der Waals surface area contributed by atoms with Crippen molar-refractivity contribution < 1.29 is 63.0 Å². The smallest absolute Gasteiger partial charge is 0.332 e. The van der Waals surface area contributed by atoms with Crippen LogP contribution in [0.4, 0.5) is 0 Å². The fourth-order valence-corrected chi connectivity index (χ4v) is 10.4. The first kappa shape index (κ1) is 55.2. The van der Waals surface area contributed by atoms with Crippen LogP contribution in [0.25, 0.3) is 0 Å². The lowest BCUT2D eigenvalue weighted by Gasteiger charge is -2.46. The highest BCUT2D eigenvalue weighted by Crippen LogP contribution is 2.39. The molecule has 0 aromatic rings. The van der Waals surface area contributed by atoms with Gasteiger partial charge in [-0.1, -0.05) is 71.1 Å². The average Bonchev–Trinajstić information content (AvgIpc) is 3.28. The number of carbonyl (C=O) groups excluding carboxylic acids is 5. The molecule has 2 saturated heterocycles. The zero-order valence-electron chi connectivity index (χ0n) is 41.5. The van der Waals surface area contributed by atoms with Gasteiger partial charge in [0.15, 0.2) is 5.78 Å². The summed E-state index contributed by atoms with van der Waals surface area (Å²) >= 11 is 0. The number of carbonyl (C=O) groups is 5. The number of esters is 1. The summed E-state index contributed by atoms with van der Waals surface area (Å²) in [6.07, 6.45) is 11.0. The molecule has 3 aliphatic heterocycles. The quantitative estimate of drug-likeness (QED) is 0.147. The molecule has 66 heavy (non-hydrogen) atoms. The minimum absolute atomic E-state index is 0.0171. The van der Waals surface area contributed by atoms with Crippen LogP contribution in [0.3, 0.4) is 0 Å². The molecule has 0 spiro atoms. The van der Waals surface area contributed by atoms with Gasteiger partial charge in [0, 0.05) is 58.5 Å². The summed E-state index contributed by atoms with van der Waals surface area (Å²) in [6, 6.07) is 0. The summed E-state index contributed by atoms with van der Waals surface area (Å²) in [5.74, 6) is -8.07. The number of piperidine rings is 1. The number of rotatable bonds is 6. The number of hydrogen-bond donors (Lipinski definition) is 3. The summed E-state index contributed by atoms with van der Waals surface area (Å²) in [5.41, 5.74) is -0.343. The van der Waals surface area contributed by atoms with E-state index >= 15 is 0 Å². The molecule has 3 heterocycles. The normalized spacial score (nSPS) is 41.1. The van der Waals surface area contributed by atoms with Crippen LogP contribution in [0.2, 0.25) is 0 Å². The van der Waals surface area contributed by atoms with Crippen molar-refractivity contribution in [2.24, 2.45) is 35.5 Å². The maximum atomic E-state index is 14.7. The second-order valence-corrected chi connectivity index (χ2v) is 20.2. The number of aliphatic hydroxyl groups excluding tert-OH is 2. The SMILES string of the molecule is COC1CC(C[C@@H](C)[C@@H]2CC(=O)[C@H](C)/C=C(\C)C(O)[C@@H](OC)C(=O)C(C)C[C@H](C)/C=C/C=C/C=C(\C)[C@@H](OC)C[C@@H]3CCC(C)C(O)(O3)C(=O)C(=O)N3CCCC[C@@]3(C)C(=O)O2)CC[C@H]1O. The van der Waals surface area contributed by atoms with Gasteiger partial charge >= 0.3 is 5.97 Å². The molecular formula is C52H81NO13. The topological polar surface area (TPSA) is 195 Å². The van der Waals surface area contributed by atoms with E-state index in [0.29, 0.717) is 63.4 Å². The third-order valence-electron chi connectivity index (χ3n) is 15.0. The van der Waals surface area contributed by atoms with Gasteiger partial charge < -0.3 is 43.9 Å². The molecule has 0 radical (unpaired) electrons. The molecule has 3 N–H and O–H groups in total. The molecule has 1 amide bonds. The lowest BCUT2D eigenvalue weighted by molar-refractivity contribution is -0.266. The van der Waals surface area contributed by atoms with Crippen molar-refractivity contribution in [3.8, 4) is 0 Å². The fourth-order valence-electron chi connectivity index (χ4n) is 10.4. The van der Waals surface area contributed by atoms with Crippen molar-refractivity contribution in [3.63, 3.8) is 0 Å². The molecule has 1 aliphatic carbocycles. The third-order valence-corrected chi connectivity index (χ3v) is 15.0. The highest BCUT2D eigenvalue weighted by molar-refractivity contribution is 6.39. The fraction of sp³-hybridized carbons (Fsp3) is 0.750. The number of hydrogen-bond acceptors (Lipinski definition) is 13. The van der Waals surface area contributed by atoms with E-state index < -0.39 is 83.4 Å². The maximum absolute atomic E-state index is 14.7. The standard InChI is InChI=1S/C52H81NO13/c1-31-17-13-12-14-18-32(2)42(62-9)29-39-21-19-37(7)52(61,66-39)48(58)49(59)53-24-16-15-23-51(53,8)50(60)65-43(34(4)27-38-20-22-40(54)44(28-38)63-10)30-41(55)33(3)26-36(6)46(57)47(64-11)45(56)35(5)25-31/h12-14,17-18,26,31,33-35,37-40,42-44,46-47,54,57,61H,15-16,19-25,27-30H2,1-11H3/b14-12+,17-13+,32-18+,36-26+/t31-,33-,34-,35?,37?,38?,39+,40-,42+,43+,44?,46?,47+,51+,52?/m1/s1. The van der Waals surface area contributed by atoms with Crippen molar-refractivity contribution in [2.75, 3.05) is 27.9 Å². The second kappa shape index (κ2) is 24.8. The van der Waals surface area contributed by atoms with E-state index in [2.05, 4.69) is 0 Å². The van der Waals surface area contributed by atoms with Gasteiger partial charge in [-0.05, 0) is 114 Å². The summed E-state index contributed by atoms with van der Waals surface area (Å²) in [4.78, 5) is 72.6. The van der Waals surface area contributed by atoms with Crippen molar-refractivity contribution in [2.45, 2.75) is 186 Å². The predicted molar refractivity (Wildman–Crippen MR) is 250 cm³/mol. The number of cyclic esters (lactones) is 1. The monoisotopic (exact) mass is 928 g/mol. The Morgan fingerprint density at radius 3 is 2.24 bits per heavy atom. The molecule has 14 heteroatoms. The second-order valence-electron chi connectivity index (χ2n) is 20.2. The Labute approximate surface area is 393 Å². The van der Waals surface area contributed by atoms with Crippen LogP contribution in [0, 0.1) is 35.5 Å². The number of ether oxygens (including phenoxy) is 5. The van der Waals surface area contributed by atoms with E-state index in [1.54, 1.807) is 48.0 Å². The number of methoxy groups -OCH3 is 3. The first-order chi connectivity index (χ1) is 31.1. The van der Waals surface area contributed by atoms with Crippen LogP contribution in [0.1, 0.15) is 132 Å². The highest BCUT2D eigenvalue weighted by atomic mass is 16.6. The largest absolute Gasteiger partial charge is 0.460 e. The molecule has 372 valence electrons. The zero-order valence-corrected chi connectivity index (χ0v) is 41.5. The molecule has 2 bridgehead atoms. The van der Waals surface area contributed by atoms with Gasteiger partial charge in [-0.25, -0.2) is 4.79 Å². The molecule has 0 aromatic heterocycles. The van der Waals surface area contributed by atoms with Crippen LogP contribution >= 0.6 is 0 Å². The number of amides is 1. The number of nitrogens with zero attached hydrogens (tertiary/aromatic N) is 1. The molecule has 4 aliphatic rings. The molecule has 15 atom stereocenters. The Bertz CT molecular complexity index is 1810. The van der Waals surface area contributed by atoms with Crippen LogP contribution in [0.5, 0.6) is 0 Å². The van der Waals surface area contributed by atoms with Gasteiger partial charge in [0.05, 0.1) is 24.4 Å². The van der Waals surface area contributed by atoms with Crippen LogP contribution in [-0.2, 0) is 47.7 Å². The number of aliphatic hydroxyl groups is 3. The predicted octanol–water partition coefficient (Wildman–Crippen LogP) is 6.57. The van der Waals surface area contributed by atoms with Crippen LogP contribution in [-0.4, -0.2) is 131 Å². The molecule has 0 aromatic carbocycles. The Morgan fingerprint density at radius 2 is 1.58 bits per heavy atom. The highest BCUT2D eigenvalue weighted by Gasteiger charge is 2.55. The molecule has 3 fully saturated rings. The zero-order chi connectivity index (χ0) is 49.1. The average molecular weight is 928 g/mol. The van der Waals surface area contributed by atoms with Crippen molar-refractivity contribution >= 4 is 29.2 Å². The van der Waals surface area contributed by atoms with Crippen molar-refractivity contribution in [3.05, 3.63) is 47.6 Å². The van der Waals surface area contributed by atoms with Gasteiger partial charge in [-0.15, -0.1) is 0 Å². The van der Waals surface area contributed by atoms with Gasteiger partial charge in [-0.2, -0.15) is 0 Å². The lowest BCUT2D eigenvalue weighted by Crippen LogP contribution is -2.64. The van der Waals surface area contributed by atoms with Gasteiger partial charge in [0.1, 0.15) is 29.6 Å². The summed E-state index contributed by atoms with van der Waals surface area (Å²) in [7, 11) is 4.52. The van der Waals surface area contributed by atoms with E-state index in [1.165, 1.54) is 12.0 Å². The summed E-state index contributed by atoms with van der Waals surface area (Å²) < 4.78 is 29.5. The minimum Gasteiger partial charge on any atom is -0.460 e. The van der Waals surface area contributed by atoms with E-state index in [4.69, 9.17) is 23.7 Å². The number of ketones is 3.